The van der Waals surface area contributed by atoms with E-state index in [0.717, 1.165) is 21.3 Å². The lowest BCUT2D eigenvalue weighted by Crippen LogP contribution is -2.19. The Bertz CT molecular complexity index is 631. The average molecular weight is 333 g/mol. The summed E-state index contributed by atoms with van der Waals surface area (Å²) in [7, 11) is 0. The van der Waals surface area contributed by atoms with E-state index in [1.54, 1.807) is 0 Å². The first-order valence-electron chi connectivity index (χ1n) is 6.75. The maximum absolute atomic E-state index is 10.3. The van der Waals surface area contributed by atoms with Crippen molar-refractivity contribution in [1.82, 2.24) is 0 Å². The first kappa shape index (κ1) is 13.7. The predicted molar refractivity (Wildman–Crippen MR) is 83.0 cm³/mol. The van der Waals surface area contributed by atoms with Crippen LogP contribution >= 0.6 is 15.9 Å². The van der Waals surface area contributed by atoms with Gasteiger partial charge in [-0.15, -0.1) is 0 Å². The summed E-state index contributed by atoms with van der Waals surface area (Å²) in [6.07, 6.45) is 0.0282. The summed E-state index contributed by atoms with van der Waals surface area (Å²) in [5, 5.41) is 10.3. The predicted octanol–water partition coefficient (Wildman–Crippen LogP) is 4.62. The third-order valence-electron chi connectivity index (χ3n) is 3.66. The van der Waals surface area contributed by atoms with Crippen molar-refractivity contribution in [2.45, 2.75) is 32.5 Å². The number of rotatable bonds is 1. The molecule has 0 fully saturated rings. The molecule has 2 atom stereocenters. The second-order valence-electron chi connectivity index (χ2n) is 5.46. The number of aliphatic hydroxyl groups excluding tert-OH is 1. The van der Waals surface area contributed by atoms with E-state index in [4.69, 9.17) is 4.74 Å². The monoisotopic (exact) mass is 332 g/mol. The van der Waals surface area contributed by atoms with Gasteiger partial charge in [-0.3, -0.25) is 0 Å². The summed E-state index contributed by atoms with van der Waals surface area (Å²) in [4.78, 5) is 0. The van der Waals surface area contributed by atoms with Crippen molar-refractivity contribution in [3.63, 3.8) is 0 Å². The minimum Gasteiger partial charge on any atom is -0.485 e. The Morgan fingerprint density at radius 2 is 1.80 bits per heavy atom. The number of fused-ring (bicyclic) bond motifs is 1. The van der Waals surface area contributed by atoms with Crippen LogP contribution in [0.3, 0.4) is 0 Å². The maximum Gasteiger partial charge on any atom is 0.127 e. The number of aryl methyl sites for hydroxylation is 2. The fraction of sp³-hybridized carbons (Fsp3) is 0.294. The summed E-state index contributed by atoms with van der Waals surface area (Å²) in [6.45, 7) is 4.17. The molecule has 1 heterocycles. The highest BCUT2D eigenvalue weighted by Gasteiger charge is 2.28. The Hall–Kier alpha value is -1.32. The number of benzene rings is 2. The van der Waals surface area contributed by atoms with Gasteiger partial charge in [0, 0.05) is 16.5 Å². The van der Waals surface area contributed by atoms with Gasteiger partial charge in [0.25, 0.3) is 0 Å². The fourth-order valence-electron chi connectivity index (χ4n) is 2.82. The zero-order valence-corrected chi connectivity index (χ0v) is 13.1. The van der Waals surface area contributed by atoms with Gasteiger partial charge in [-0.25, -0.2) is 0 Å². The van der Waals surface area contributed by atoms with E-state index in [-0.39, 0.29) is 6.10 Å². The van der Waals surface area contributed by atoms with Gasteiger partial charge in [-0.1, -0.05) is 51.3 Å². The summed E-state index contributed by atoms with van der Waals surface area (Å²) in [6, 6.07) is 12.2. The number of hydrogen-bond donors (Lipinski definition) is 1. The van der Waals surface area contributed by atoms with Crippen LogP contribution in [-0.4, -0.2) is 5.11 Å². The van der Waals surface area contributed by atoms with Gasteiger partial charge >= 0.3 is 0 Å². The summed E-state index contributed by atoms with van der Waals surface area (Å²) < 4.78 is 7.05. The van der Waals surface area contributed by atoms with E-state index in [9.17, 15) is 5.11 Å². The van der Waals surface area contributed by atoms with Crippen LogP contribution in [0.25, 0.3) is 0 Å². The van der Waals surface area contributed by atoms with Crippen molar-refractivity contribution >= 4 is 15.9 Å². The zero-order chi connectivity index (χ0) is 14.3. The minimum absolute atomic E-state index is 0.0922. The number of hydrogen-bond acceptors (Lipinski definition) is 2. The van der Waals surface area contributed by atoms with E-state index >= 15 is 0 Å². The molecule has 0 bridgehead atoms. The van der Waals surface area contributed by atoms with Crippen molar-refractivity contribution < 1.29 is 9.84 Å². The third-order valence-corrected chi connectivity index (χ3v) is 4.15. The van der Waals surface area contributed by atoms with Crippen molar-refractivity contribution in [2.24, 2.45) is 0 Å². The van der Waals surface area contributed by atoms with Crippen LogP contribution in [0.5, 0.6) is 5.75 Å². The van der Waals surface area contributed by atoms with Crippen molar-refractivity contribution in [3.8, 4) is 5.75 Å². The number of halogens is 1. The molecule has 1 aliphatic heterocycles. The van der Waals surface area contributed by atoms with Gasteiger partial charge in [0.05, 0.1) is 6.10 Å². The summed E-state index contributed by atoms with van der Waals surface area (Å²) in [5.74, 6) is 0.766. The SMILES string of the molecule is Cc1cc(C)cc(C2C[C@@H](O)c3ccc(Br)cc3O2)c1. The van der Waals surface area contributed by atoms with Gasteiger partial charge in [0.2, 0.25) is 0 Å². The third kappa shape index (κ3) is 2.60. The van der Waals surface area contributed by atoms with Gasteiger partial charge < -0.3 is 9.84 Å². The smallest absolute Gasteiger partial charge is 0.127 e. The number of ether oxygens (including phenoxy) is 1. The topological polar surface area (TPSA) is 29.5 Å². The van der Waals surface area contributed by atoms with Gasteiger partial charge in [-0.2, -0.15) is 0 Å². The van der Waals surface area contributed by atoms with E-state index in [2.05, 4.69) is 48.0 Å². The first-order valence-corrected chi connectivity index (χ1v) is 7.54. The molecule has 0 spiro atoms. The van der Waals surface area contributed by atoms with Crippen LogP contribution in [0.2, 0.25) is 0 Å². The molecule has 2 aromatic carbocycles. The molecule has 3 rings (SSSR count). The molecule has 104 valence electrons. The van der Waals surface area contributed by atoms with Crippen LogP contribution in [0.15, 0.2) is 40.9 Å². The second-order valence-corrected chi connectivity index (χ2v) is 6.38. The zero-order valence-electron chi connectivity index (χ0n) is 11.6. The molecular formula is C17H17BrO2. The molecule has 0 amide bonds. The molecule has 1 aliphatic rings. The molecule has 2 aromatic rings. The summed E-state index contributed by atoms with van der Waals surface area (Å²) in [5.41, 5.74) is 4.44. The Morgan fingerprint density at radius 1 is 1.10 bits per heavy atom. The van der Waals surface area contributed by atoms with Gasteiger partial charge in [0.15, 0.2) is 0 Å². The van der Waals surface area contributed by atoms with Crippen LogP contribution in [0.1, 0.15) is 40.9 Å². The van der Waals surface area contributed by atoms with Crippen molar-refractivity contribution in [2.75, 3.05) is 0 Å². The largest absolute Gasteiger partial charge is 0.485 e. The molecular weight excluding hydrogens is 316 g/mol. The van der Waals surface area contributed by atoms with E-state index in [1.807, 2.05) is 18.2 Å². The summed E-state index contributed by atoms with van der Waals surface area (Å²) >= 11 is 3.45. The molecule has 1 unspecified atom stereocenters. The number of aliphatic hydroxyl groups is 1. The molecule has 0 aromatic heterocycles. The average Bonchev–Trinajstić information content (AvgIpc) is 2.36. The highest BCUT2D eigenvalue weighted by atomic mass is 79.9. The molecule has 2 nitrogen and oxygen atoms in total. The Kier molecular flexibility index (Phi) is 3.57. The van der Waals surface area contributed by atoms with Crippen LogP contribution in [-0.2, 0) is 0 Å². The molecule has 0 radical (unpaired) electrons. The second kappa shape index (κ2) is 5.23. The molecule has 1 N–H and O–H groups in total. The van der Waals surface area contributed by atoms with Crippen molar-refractivity contribution in [3.05, 3.63) is 63.1 Å². The van der Waals surface area contributed by atoms with Gasteiger partial charge in [-0.05, 0) is 31.5 Å². The van der Waals surface area contributed by atoms with Crippen LogP contribution in [0.4, 0.5) is 0 Å². The molecule has 20 heavy (non-hydrogen) atoms. The quantitative estimate of drug-likeness (QED) is 0.825. The van der Waals surface area contributed by atoms with E-state index in [1.165, 1.54) is 11.1 Å². The Labute approximate surface area is 127 Å². The Morgan fingerprint density at radius 3 is 2.50 bits per heavy atom. The van der Waals surface area contributed by atoms with Crippen molar-refractivity contribution in [1.29, 1.82) is 0 Å². The lowest BCUT2D eigenvalue weighted by molar-refractivity contribution is 0.0656. The highest BCUT2D eigenvalue weighted by molar-refractivity contribution is 9.10. The minimum atomic E-state index is -0.474. The van der Waals surface area contributed by atoms with Crippen LogP contribution in [0, 0.1) is 13.8 Å². The van der Waals surface area contributed by atoms with Gasteiger partial charge in [0.1, 0.15) is 11.9 Å². The van der Waals surface area contributed by atoms with Crippen LogP contribution < -0.4 is 4.74 Å². The highest BCUT2D eigenvalue weighted by Crippen LogP contribution is 2.42. The lowest BCUT2D eigenvalue weighted by Gasteiger charge is -2.30. The Balaban J connectivity index is 1.98. The fourth-order valence-corrected chi connectivity index (χ4v) is 3.16. The molecule has 3 heteroatoms. The first-order chi connectivity index (χ1) is 9.52. The maximum atomic E-state index is 10.3. The lowest BCUT2D eigenvalue weighted by atomic mass is 9.93. The molecule has 0 saturated carbocycles. The normalized spacial score (nSPS) is 21.2. The molecule has 0 aliphatic carbocycles. The standard InChI is InChI=1S/C17H17BrO2/c1-10-5-11(2)7-12(6-10)16-9-15(19)14-4-3-13(18)8-17(14)20-16/h3-8,15-16,19H,9H2,1-2H3/t15-,16?/m1/s1. The molecule has 0 saturated heterocycles. The van der Waals surface area contributed by atoms with E-state index in [0.29, 0.717) is 6.42 Å². The van der Waals surface area contributed by atoms with E-state index < -0.39 is 6.10 Å².